The maximum atomic E-state index is 11.3. The van der Waals surface area contributed by atoms with Gasteiger partial charge in [-0.2, -0.15) is 0 Å². The van der Waals surface area contributed by atoms with Gasteiger partial charge < -0.3 is 4.79 Å². The Morgan fingerprint density at radius 2 is 2.00 bits per heavy atom. The van der Waals surface area contributed by atoms with Crippen LogP contribution in [0.25, 0.3) is 0 Å². The summed E-state index contributed by atoms with van der Waals surface area (Å²) in [5.74, 6) is 1.35. The van der Waals surface area contributed by atoms with Gasteiger partial charge in [-0.1, -0.05) is 44.9 Å². The van der Waals surface area contributed by atoms with E-state index < -0.39 is 0 Å². The fourth-order valence-electron chi connectivity index (χ4n) is 6.33. The van der Waals surface area contributed by atoms with E-state index in [0.717, 1.165) is 6.42 Å². The van der Waals surface area contributed by atoms with Gasteiger partial charge in [0.1, 0.15) is 6.29 Å². The highest BCUT2D eigenvalue weighted by Gasteiger charge is 2.56. The molecule has 3 aliphatic carbocycles. The molecule has 22 heavy (non-hydrogen) atoms. The molecule has 0 aromatic rings. The van der Waals surface area contributed by atoms with E-state index in [4.69, 9.17) is 0 Å². The molecule has 1 nitrogen and oxygen atoms in total. The van der Waals surface area contributed by atoms with Crippen LogP contribution in [-0.4, -0.2) is 6.29 Å². The number of carbonyl (C=O) groups excluding carboxylic acids is 1. The maximum Gasteiger partial charge on any atom is 0.120 e. The first kappa shape index (κ1) is 16.0. The summed E-state index contributed by atoms with van der Waals surface area (Å²) in [7, 11) is 0. The molecule has 0 N–H and O–H groups in total. The minimum atomic E-state index is 0.211. The molecule has 122 valence electrons. The molecule has 0 bridgehead atoms. The van der Waals surface area contributed by atoms with Gasteiger partial charge in [-0.25, -0.2) is 0 Å². The van der Waals surface area contributed by atoms with Crippen LogP contribution in [0.1, 0.15) is 72.1 Å². The van der Waals surface area contributed by atoms with Gasteiger partial charge in [-0.3, -0.25) is 0 Å². The second-order valence-corrected chi connectivity index (χ2v) is 8.89. The summed E-state index contributed by atoms with van der Waals surface area (Å²) in [6.07, 6.45) is 15.5. The standard InChI is InChI=1S/C21H32O/c1-5-19(2)11-6-8-17-16(19)9-10-18-20(3,14-15-22)12-7-13-21(17,18)4/h5,8,15-16,18H,1,6-7,9-14H2,2-4H3/t16?,18?,19-,20-,21-/m0/s1. The van der Waals surface area contributed by atoms with Crippen molar-refractivity contribution in [2.45, 2.75) is 72.1 Å². The van der Waals surface area contributed by atoms with Crippen molar-refractivity contribution in [1.29, 1.82) is 0 Å². The number of hydrogen-bond acceptors (Lipinski definition) is 1. The zero-order chi connectivity index (χ0) is 16.0. The Bertz CT molecular complexity index is 504. The smallest absolute Gasteiger partial charge is 0.120 e. The van der Waals surface area contributed by atoms with Crippen molar-refractivity contribution in [1.82, 2.24) is 0 Å². The fraction of sp³-hybridized carbons (Fsp3) is 0.762. The molecule has 2 fully saturated rings. The summed E-state index contributed by atoms with van der Waals surface area (Å²) in [6.45, 7) is 11.5. The minimum Gasteiger partial charge on any atom is -0.303 e. The lowest BCUT2D eigenvalue weighted by Crippen LogP contribution is -2.51. The Morgan fingerprint density at radius 1 is 1.23 bits per heavy atom. The minimum absolute atomic E-state index is 0.211. The molecular weight excluding hydrogens is 268 g/mol. The molecule has 2 unspecified atom stereocenters. The Balaban J connectivity index is 2.00. The van der Waals surface area contributed by atoms with Crippen LogP contribution in [0.2, 0.25) is 0 Å². The Labute approximate surface area is 136 Å². The van der Waals surface area contributed by atoms with E-state index in [0.29, 0.717) is 17.3 Å². The van der Waals surface area contributed by atoms with E-state index in [1.807, 2.05) is 0 Å². The number of allylic oxidation sites excluding steroid dienone is 3. The van der Waals surface area contributed by atoms with Crippen LogP contribution in [0, 0.1) is 28.1 Å². The van der Waals surface area contributed by atoms with Gasteiger partial charge >= 0.3 is 0 Å². The van der Waals surface area contributed by atoms with Crippen molar-refractivity contribution in [3.8, 4) is 0 Å². The predicted octanol–water partition coefficient (Wildman–Crippen LogP) is 5.71. The van der Waals surface area contributed by atoms with E-state index in [-0.39, 0.29) is 10.8 Å². The number of aldehydes is 1. The van der Waals surface area contributed by atoms with E-state index in [1.54, 1.807) is 5.57 Å². The highest BCUT2D eigenvalue weighted by atomic mass is 16.1. The van der Waals surface area contributed by atoms with Crippen LogP contribution >= 0.6 is 0 Å². The molecule has 0 aromatic carbocycles. The molecule has 0 spiro atoms. The second kappa shape index (κ2) is 5.35. The van der Waals surface area contributed by atoms with Crippen molar-refractivity contribution >= 4 is 6.29 Å². The molecule has 0 aliphatic heterocycles. The van der Waals surface area contributed by atoms with E-state index in [9.17, 15) is 4.79 Å². The normalized spacial score (nSPS) is 47.9. The Kier molecular flexibility index (Phi) is 3.90. The fourth-order valence-corrected chi connectivity index (χ4v) is 6.33. The Morgan fingerprint density at radius 3 is 2.68 bits per heavy atom. The maximum absolute atomic E-state index is 11.3. The first-order valence-electron chi connectivity index (χ1n) is 9.17. The van der Waals surface area contributed by atoms with Gasteiger partial charge in [0.2, 0.25) is 0 Å². The van der Waals surface area contributed by atoms with Crippen LogP contribution in [0.4, 0.5) is 0 Å². The third-order valence-corrected chi connectivity index (χ3v) is 7.69. The average Bonchev–Trinajstić information content (AvgIpc) is 2.48. The molecule has 3 aliphatic rings. The molecule has 0 amide bonds. The highest BCUT2D eigenvalue weighted by Crippen LogP contribution is 2.65. The first-order valence-corrected chi connectivity index (χ1v) is 9.17. The summed E-state index contributed by atoms with van der Waals surface area (Å²) < 4.78 is 0. The lowest BCUT2D eigenvalue weighted by Gasteiger charge is -2.60. The van der Waals surface area contributed by atoms with Crippen molar-refractivity contribution in [3.63, 3.8) is 0 Å². The highest BCUT2D eigenvalue weighted by molar-refractivity contribution is 5.51. The molecule has 5 atom stereocenters. The first-order chi connectivity index (χ1) is 10.4. The molecule has 2 saturated carbocycles. The number of carbonyl (C=O) groups is 1. The summed E-state index contributed by atoms with van der Waals surface area (Å²) in [5, 5.41) is 0. The average molecular weight is 300 g/mol. The van der Waals surface area contributed by atoms with Gasteiger partial charge in [-0.15, -0.1) is 6.58 Å². The predicted molar refractivity (Wildman–Crippen MR) is 92.6 cm³/mol. The molecule has 0 aromatic heterocycles. The van der Waals surface area contributed by atoms with Gasteiger partial charge in [0, 0.05) is 6.42 Å². The third-order valence-electron chi connectivity index (χ3n) is 7.69. The summed E-state index contributed by atoms with van der Waals surface area (Å²) in [6, 6.07) is 0. The van der Waals surface area contributed by atoms with Gasteiger partial charge in [0.15, 0.2) is 0 Å². The molecule has 3 rings (SSSR count). The molecule has 0 saturated heterocycles. The van der Waals surface area contributed by atoms with Crippen molar-refractivity contribution in [2.75, 3.05) is 0 Å². The number of fused-ring (bicyclic) bond motifs is 3. The third kappa shape index (κ3) is 2.15. The lowest BCUT2D eigenvalue weighted by atomic mass is 9.44. The van der Waals surface area contributed by atoms with Crippen molar-refractivity contribution in [2.24, 2.45) is 28.1 Å². The summed E-state index contributed by atoms with van der Waals surface area (Å²) >= 11 is 0. The zero-order valence-electron chi connectivity index (χ0n) is 14.7. The van der Waals surface area contributed by atoms with Crippen LogP contribution in [0.3, 0.4) is 0 Å². The molecular formula is C21H32O. The van der Waals surface area contributed by atoms with Gasteiger partial charge in [0.05, 0.1) is 0 Å². The summed E-state index contributed by atoms with van der Waals surface area (Å²) in [5.41, 5.74) is 2.51. The second-order valence-electron chi connectivity index (χ2n) is 8.89. The number of hydrogen-bond donors (Lipinski definition) is 0. The van der Waals surface area contributed by atoms with E-state index in [1.165, 1.54) is 51.2 Å². The molecule has 1 heteroatoms. The van der Waals surface area contributed by atoms with Gasteiger partial charge in [0.25, 0.3) is 0 Å². The van der Waals surface area contributed by atoms with E-state index >= 15 is 0 Å². The van der Waals surface area contributed by atoms with Crippen LogP contribution in [-0.2, 0) is 4.79 Å². The molecule has 0 radical (unpaired) electrons. The topological polar surface area (TPSA) is 17.1 Å². The molecule has 0 heterocycles. The van der Waals surface area contributed by atoms with Crippen molar-refractivity contribution < 1.29 is 4.79 Å². The van der Waals surface area contributed by atoms with Crippen LogP contribution in [0.15, 0.2) is 24.3 Å². The van der Waals surface area contributed by atoms with Crippen LogP contribution < -0.4 is 0 Å². The van der Waals surface area contributed by atoms with Gasteiger partial charge in [-0.05, 0) is 66.6 Å². The van der Waals surface area contributed by atoms with Crippen molar-refractivity contribution in [3.05, 3.63) is 24.3 Å². The Hall–Kier alpha value is -0.850. The number of rotatable bonds is 3. The monoisotopic (exact) mass is 300 g/mol. The summed E-state index contributed by atoms with van der Waals surface area (Å²) in [4.78, 5) is 11.3. The van der Waals surface area contributed by atoms with Crippen LogP contribution in [0.5, 0.6) is 0 Å². The SMILES string of the molecule is C=C[C@@]1(C)CCC=C2C1CCC1[C@](C)(CC=O)CCC[C@@]21C. The lowest BCUT2D eigenvalue weighted by molar-refractivity contribution is -0.114. The zero-order valence-corrected chi connectivity index (χ0v) is 14.7. The quantitative estimate of drug-likeness (QED) is 0.482. The largest absolute Gasteiger partial charge is 0.303 e. The van der Waals surface area contributed by atoms with E-state index in [2.05, 4.69) is 39.5 Å².